The normalized spacial score (nSPS) is 10.8. The number of aromatic nitrogens is 1. The Balaban J connectivity index is 2.73. The van der Waals surface area contributed by atoms with Crippen LogP contribution in [-0.4, -0.2) is 22.1 Å². The van der Waals surface area contributed by atoms with Crippen LogP contribution < -0.4 is 0 Å². The van der Waals surface area contributed by atoms with E-state index in [2.05, 4.69) is 0 Å². The highest BCUT2D eigenvalue weighted by Gasteiger charge is 2.10. The van der Waals surface area contributed by atoms with Gasteiger partial charge in [0.05, 0.1) is 6.61 Å². The molecule has 0 amide bonds. The smallest absolute Gasteiger partial charge is 0.166 e. The van der Waals surface area contributed by atoms with Crippen LogP contribution in [0.1, 0.15) is 24.2 Å². The molecule has 0 atom stereocenters. The molecule has 1 aromatic rings. The van der Waals surface area contributed by atoms with Gasteiger partial charge in [0.25, 0.3) is 0 Å². The van der Waals surface area contributed by atoms with Crippen molar-refractivity contribution in [1.29, 1.82) is 0 Å². The second kappa shape index (κ2) is 4.23. The lowest BCUT2D eigenvalue weighted by atomic mass is 10.0. The van der Waals surface area contributed by atoms with Gasteiger partial charge in [-0.1, -0.05) is 13.8 Å². The van der Waals surface area contributed by atoms with Crippen molar-refractivity contribution in [3.05, 3.63) is 24.0 Å². The van der Waals surface area contributed by atoms with E-state index in [-0.39, 0.29) is 18.3 Å². The van der Waals surface area contributed by atoms with Crippen molar-refractivity contribution in [1.82, 2.24) is 4.57 Å². The van der Waals surface area contributed by atoms with Crippen molar-refractivity contribution in [2.24, 2.45) is 5.92 Å². The van der Waals surface area contributed by atoms with Gasteiger partial charge in [0.15, 0.2) is 5.78 Å². The zero-order valence-electron chi connectivity index (χ0n) is 8.03. The summed E-state index contributed by atoms with van der Waals surface area (Å²) in [6.45, 7) is 4.41. The SMILES string of the molecule is CC(C)C(=O)c1ccn(CCO)c1. The van der Waals surface area contributed by atoms with Crippen LogP contribution in [0.4, 0.5) is 0 Å². The minimum atomic E-state index is 0.0324. The van der Waals surface area contributed by atoms with Crippen LogP contribution >= 0.6 is 0 Å². The first-order valence-corrected chi connectivity index (χ1v) is 4.46. The number of Topliss-reactive ketones (excluding diaryl/α,β-unsaturated/α-hetero) is 1. The highest BCUT2D eigenvalue weighted by atomic mass is 16.3. The highest BCUT2D eigenvalue weighted by Crippen LogP contribution is 2.08. The maximum Gasteiger partial charge on any atom is 0.166 e. The number of nitrogens with zero attached hydrogens (tertiary/aromatic N) is 1. The van der Waals surface area contributed by atoms with Gasteiger partial charge in [-0.05, 0) is 6.07 Å². The summed E-state index contributed by atoms with van der Waals surface area (Å²) in [7, 11) is 0. The molecular weight excluding hydrogens is 166 g/mol. The lowest BCUT2D eigenvalue weighted by molar-refractivity contribution is 0.0939. The zero-order chi connectivity index (χ0) is 9.84. The third-order valence-electron chi connectivity index (χ3n) is 1.92. The van der Waals surface area contributed by atoms with Crippen molar-refractivity contribution >= 4 is 5.78 Å². The first kappa shape index (κ1) is 9.99. The van der Waals surface area contributed by atoms with Crippen LogP contribution in [-0.2, 0) is 6.54 Å². The molecule has 0 saturated heterocycles. The minimum absolute atomic E-state index is 0.0324. The molecule has 72 valence electrons. The van der Waals surface area contributed by atoms with E-state index < -0.39 is 0 Å². The summed E-state index contributed by atoms with van der Waals surface area (Å²) in [5, 5.41) is 8.67. The highest BCUT2D eigenvalue weighted by molar-refractivity contribution is 5.97. The fourth-order valence-electron chi connectivity index (χ4n) is 1.17. The molecule has 1 aromatic heterocycles. The molecule has 3 nitrogen and oxygen atoms in total. The predicted molar refractivity (Wildman–Crippen MR) is 50.7 cm³/mol. The Hall–Kier alpha value is -1.09. The summed E-state index contributed by atoms with van der Waals surface area (Å²) in [6, 6.07) is 1.79. The Labute approximate surface area is 78.0 Å². The van der Waals surface area contributed by atoms with E-state index in [0.717, 1.165) is 5.56 Å². The predicted octanol–water partition coefficient (Wildman–Crippen LogP) is 1.32. The average Bonchev–Trinajstić information content (AvgIpc) is 2.52. The maximum absolute atomic E-state index is 11.5. The van der Waals surface area contributed by atoms with E-state index in [1.54, 1.807) is 12.3 Å². The fourth-order valence-corrected chi connectivity index (χ4v) is 1.17. The molecule has 3 heteroatoms. The van der Waals surface area contributed by atoms with Crippen molar-refractivity contribution in [2.75, 3.05) is 6.61 Å². The van der Waals surface area contributed by atoms with Crippen molar-refractivity contribution in [3.8, 4) is 0 Å². The first-order valence-electron chi connectivity index (χ1n) is 4.46. The maximum atomic E-state index is 11.5. The number of carbonyl (C=O) groups excluding carboxylic acids is 1. The van der Waals surface area contributed by atoms with E-state index >= 15 is 0 Å². The Morgan fingerprint density at radius 1 is 1.62 bits per heavy atom. The molecule has 0 spiro atoms. The van der Waals surface area contributed by atoms with E-state index in [9.17, 15) is 4.79 Å². The van der Waals surface area contributed by atoms with Crippen LogP contribution in [0, 0.1) is 5.92 Å². The second-order valence-corrected chi connectivity index (χ2v) is 3.38. The van der Waals surface area contributed by atoms with E-state index in [1.165, 1.54) is 0 Å². The van der Waals surface area contributed by atoms with Gasteiger partial charge in [-0.25, -0.2) is 0 Å². The molecule has 0 bridgehead atoms. The molecule has 1 rings (SSSR count). The van der Waals surface area contributed by atoms with Crippen LogP contribution in [0.5, 0.6) is 0 Å². The van der Waals surface area contributed by atoms with Crippen LogP contribution in [0.25, 0.3) is 0 Å². The van der Waals surface area contributed by atoms with Gasteiger partial charge >= 0.3 is 0 Å². The van der Waals surface area contributed by atoms with Gasteiger partial charge in [0.2, 0.25) is 0 Å². The third kappa shape index (κ3) is 2.42. The summed E-state index contributed by atoms with van der Waals surface area (Å²) in [5.41, 5.74) is 0.725. The number of hydrogen-bond acceptors (Lipinski definition) is 2. The van der Waals surface area contributed by atoms with E-state index in [1.807, 2.05) is 24.6 Å². The molecule has 0 aliphatic heterocycles. The third-order valence-corrected chi connectivity index (χ3v) is 1.92. The Bertz CT molecular complexity index is 289. The number of aliphatic hydroxyl groups is 1. The molecule has 0 radical (unpaired) electrons. The molecule has 0 aliphatic rings. The summed E-state index contributed by atoms with van der Waals surface area (Å²) < 4.78 is 1.82. The number of hydrogen-bond donors (Lipinski definition) is 1. The molecule has 0 aromatic carbocycles. The molecule has 0 saturated carbocycles. The van der Waals surface area contributed by atoms with Gasteiger partial charge < -0.3 is 9.67 Å². The number of rotatable bonds is 4. The average molecular weight is 181 g/mol. The van der Waals surface area contributed by atoms with Crippen molar-refractivity contribution < 1.29 is 9.90 Å². The van der Waals surface area contributed by atoms with Crippen molar-refractivity contribution in [3.63, 3.8) is 0 Å². The second-order valence-electron chi connectivity index (χ2n) is 3.38. The monoisotopic (exact) mass is 181 g/mol. The van der Waals surface area contributed by atoms with E-state index in [4.69, 9.17) is 5.11 Å². The lowest BCUT2D eigenvalue weighted by Gasteiger charge is -2.00. The van der Waals surface area contributed by atoms with Gasteiger partial charge in [-0.15, -0.1) is 0 Å². The van der Waals surface area contributed by atoms with E-state index in [0.29, 0.717) is 6.54 Å². The largest absolute Gasteiger partial charge is 0.395 e. The Morgan fingerprint density at radius 2 is 2.31 bits per heavy atom. The first-order chi connectivity index (χ1) is 6.15. The summed E-state index contributed by atoms with van der Waals surface area (Å²) in [5.74, 6) is 0.182. The summed E-state index contributed by atoms with van der Waals surface area (Å²) >= 11 is 0. The van der Waals surface area contributed by atoms with Gasteiger partial charge in [-0.3, -0.25) is 4.79 Å². The van der Waals surface area contributed by atoms with Gasteiger partial charge in [-0.2, -0.15) is 0 Å². The van der Waals surface area contributed by atoms with Gasteiger partial charge in [0, 0.05) is 30.4 Å². The van der Waals surface area contributed by atoms with Crippen molar-refractivity contribution in [2.45, 2.75) is 20.4 Å². The molecule has 0 aliphatic carbocycles. The summed E-state index contributed by atoms with van der Waals surface area (Å²) in [4.78, 5) is 11.5. The Kier molecular flexibility index (Phi) is 3.25. The van der Waals surface area contributed by atoms with Crippen LogP contribution in [0.2, 0.25) is 0 Å². The molecule has 0 fully saturated rings. The standard InChI is InChI=1S/C10H15NO2/c1-8(2)10(13)9-3-4-11(7-9)5-6-12/h3-4,7-8,12H,5-6H2,1-2H3. The molecular formula is C10H15NO2. The number of ketones is 1. The number of carbonyl (C=O) groups is 1. The van der Waals surface area contributed by atoms with Crippen LogP contribution in [0.3, 0.4) is 0 Å². The summed E-state index contributed by atoms with van der Waals surface area (Å²) in [6.07, 6.45) is 3.59. The topological polar surface area (TPSA) is 42.2 Å². The molecule has 1 heterocycles. The Morgan fingerprint density at radius 3 is 2.85 bits per heavy atom. The van der Waals surface area contributed by atoms with Gasteiger partial charge in [0.1, 0.15) is 0 Å². The molecule has 13 heavy (non-hydrogen) atoms. The lowest BCUT2D eigenvalue weighted by Crippen LogP contribution is -2.06. The quantitative estimate of drug-likeness (QED) is 0.712. The van der Waals surface area contributed by atoms with Crippen LogP contribution in [0.15, 0.2) is 18.5 Å². The molecule has 0 unspecified atom stereocenters. The fraction of sp³-hybridized carbons (Fsp3) is 0.500. The number of aliphatic hydroxyl groups excluding tert-OH is 1. The minimum Gasteiger partial charge on any atom is -0.395 e. The zero-order valence-corrected chi connectivity index (χ0v) is 8.03. The molecule has 1 N–H and O–H groups in total.